The van der Waals surface area contributed by atoms with Gasteiger partial charge in [-0.2, -0.15) is 0 Å². The molecule has 4 rings (SSSR count). The van der Waals surface area contributed by atoms with Gasteiger partial charge in [0, 0.05) is 0 Å². The lowest BCUT2D eigenvalue weighted by molar-refractivity contribution is 1.76. The quantitative estimate of drug-likeness (QED) is 0.373. The second kappa shape index (κ2) is 2.73. The molecule has 0 saturated carbocycles. The lowest BCUT2D eigenvalue weighted by atomic mass is 9.95. The van der Waals surface area contributed by atoms with Crippen molar-refractivity contribution < 1.29 is 0 Å². The van der Waals surface area contributed by atoms with Gasteiger partial charge in [0.2, 0.25) is 0 Å². The highest BCUT2D eigenvalue weighted by Crippen LogP contribution is 2.33. The summed E-state index contributed by atoms with van der Waals surface area (Å²) in [4.78, 5) is 0. The maximum absolute atomic E-state index is 3.34. The van der Waals surface area contributed by atoms with E-state index in [9.17, 15) is 0 Å². The van der Waals surface area contributed by atoms with Gasteiger partial charge >= 0.3 is 0 Å². The van der Waals surface area contributed by atoms with E-state index in [2.05, 4.69) is 48.5 Å². The third-order valence-electron chi connectivity index (χ3n) is 3.23. The molecule has 16 heavy (non-hydrogen) atoms. The Morgan fingerprint density at radius 2 is 1.56 bits per heavy atom. The van der Waals surface area contributed by atoms with Gasteiger partial charge in [-0.1, -0.05) is 30.3 Å². The first-order valence-corrected chi connectivity index (χ1v) is 5.39. The molecule has 0 amide bonds. The Bertz CT molecular complexity index is 667. The first-order chi connectivity index (χ1) is 7.93. The fourth-order valence-electron chi connectivity index (χ4n) is 2.51. The Morgan fingerprint density at radius 1 is 0.688 bits per heavy atom. The van der Waals surface area contributed by atoms with Crippen LogP contribution >= 0.6 is 0 Å². The van der Waals surface area contributed by atoms with Crippen LogP contribution in [0.4, 0.5) is 0 Å². The monoisotopic (exact) mass is 200 g/mol. The summed E-state index contributed by atoms with van der Waals surface area (Å²) >= 11 is 0. The van der Waals surface area contributed by atoms with Crippen LogP contribution < -0.4 is 0 Å². The molecule has 0 heteroatoms. The normalized spacial score (nSPS) is 11.8. The number of rotatable bonds is 0. The van der Waals surface area contributed by atoms with Crippen molar-refractivity contribution in [2.45, 2.75) is 0 Å². The van der Waals surface area contributed by atoms with E-state index in [0.717, 1.165) is 0 Å². The van der Waals surface area contributed by atoms with Gasteiger partial charge in [0.25, 0.3) is 0 Å². The molecule has 0 aliphatic heterocycles. The first-order valence-electron chi connectivity index (χ1n) is 5.39. The van der Waals surface area contributed by atoms with Crippen LogP contribution in [0.1, 0.15) is 0 Å². The van der Waals surface area contributed by atoms with Gasteiger partial charge < -0.3 is 0 Å². The van der Waals surface area contributed by atoms with Gasteiger partial charge in [-0.25, -0.2) is 0 Å². The van der Waals surface area contributed by atoms with E-state index in [0.29, 0.717) is 0 Å². The minimum Gasteiger partial charge on any atom is -0.0610 e. The molecule has 0 aliphatic carbocycles. The maximum Gasteiger partial charge on any atom is -0.00206 e. The summed E-state index contributed by atoms with van der Waals surface area (Å²) in [5.41, 5.74) is 0. The summed E-state index contributed by atoms with van der Waals surface area (Å²) in [6.07, 6.45) is 0. The summed E-state index contributed by atoms with van der Waals surface area (Å²) in [5, 5.41) is 7.63. The Hall–Kier alpha value is -2.08. The average molecular weight is 200 g/mol. The van der Waals surface area contributed by atoms with E-state index >= 15 is 0 Å². The molecule has 0 spiro atoms. The van der Waals surface area contributed by atoms with Gasteiger partial charge in [-0.15, -0.1) is 0 Å². The summed E-state index contributed by atoms with van der Waals surface area (Å²) in [5.74, 6) is 0. The maximum atomic E-state index is 3.34. The number of hydrogen-bond acceptors (Lipinski definition) is 0. The van der Waals surface area contributed by atoms with Crippen molar-refractivity contribution in [3.8, 4) is 0 Å². The van der Waals surface area contributed by atoms with Crippen molar-refractivity contribution in [2.24, 2.45) is 0 Å². The van der Waals surface area contributed by atoms with E-state index in [1.165, 1.54) is 32.3 Å². The smallest absolute Gasteiger partial charge is 0.00206 e. The molecule has 0 unspecified atom stereocenters. The number of hydrogen-bond donors (Lipinski definition) is 0. The molecular formula is C16H8. The van der Waals surface area contributed by atoms with E-state index in [-0.39, 0.29) is 0 Å². The van der Waals surface area contributed by atoms with Gasteiger partial charge in [0.05, 0.1) is 0 Å². The minimum atomic E-state index is 1.20. The fraction of sp³-hybridized carbons (Fsp3) is 0. The Labute approximate surface area is 93.5 Å². The summed E-state index contributed by atoms with van der Waals surface area (Å²) < 4.78 is 0. The van der Waals surface area contributed by atoms with Crippen molar-refractivity contribution in [1.82, 2.24) is 0 Å². The molecule has 0 N–H and O–H groups in total. The van der Waals surface area contributed by atoms with Crippen molar-refractivity contribution in [2.75, 3.05) is 0 Å². The van der Waals surface area contributed by atoms with E-state index in [1.807, 2.05) is 12.1 Å². The Morgan fingerprint density at radius 3 is 2.56 bits per heavy atom. The zero-order valence-electron chi connectivity index (χ0n) is 8.62. The van der Waals surface area contributed by atoms with Crippen LogP contribution in [-0.4, -0.2) is 0 Å². The molecule has 2 radical (unpaired) electrons. The topological polar surface area (TPSA) is 0 Å². The molecule has 72 valence electrons. The molecule has 0 aromatic heterocycles. The molecule has 4 aromatic rings. The second-order valence-electron chi connectivity index (χ2n) is 4.13. The van der Waals surface area contributed by atoms with Crippen LogP contribution in [0.25, 0.3) is 32.3 Å². The highest BCUT2D eigenvalue weighted by molar-refractivity contribution is 6.22. The SMILES string of the molecule is [c]1cc2c[c]c3cccc4ccc(c1)c2c34. The molecule has 0 heterocycles. The van der Waals surface area contributed by atoms with Gasteiger partial charge in [-0.3, -0.25) is 0 Å². The highest BCUT2D eigenvalue weighted by Gasteiger charge is 2.06. The minimum absolute atomic E-state index is 1.20. The first kappa shape index (κ1) is 8.12. The Balaban J connectivity index is 2.51. The molecule has 0 aliphatic rings. The predicted molar refractivity (Wildman–Crippen MR) is 67.8 cm³/mol. The molecule has 0 saturated heterocycles. The Kier molecular flexibility index (Phi) is 1.39. The molecule has 0 atom stereocenters. The van der Waals surface area contributed by atoms with Crippen LogP contribution in [0.15, 0.2) is 48.5 Å². The van der Waals surface area contributed by atoms with E-state index in [4.69, 9.17) is 0 Å². The highest BCUT2D eigenvalue weighted by atomic mass is 14.1. The third kappa shape index (κ3) is 0.892. The lowest BCUT2D eigenvalue weighted by Gasteiger charge is -2.09. The lowest BCUT2D eigenvalue weighted by Crippen LogP contribution is -1.82. The van der Waals surface area contributed by atoms with Crippen molar-refractivity contribution >= 4 is 32.3 Å². The van der Waals surface area contributed by atoms with Gasteiger partial charge in [-0.05, 0) is 62.6 Å². The summed E-state index contributed by atoms with van der Waals surface area (Å²) in [6.45, 7) is 0. The fourth-order valence-corrected chi connectivity index (χ4v) is 2.51. The standard InChI is InChI=1S/C16H8/c1-3-11-7-9-13-5-2-6-14-10-8-12(4-1)15(11)16(13)14/h1,3-7,9-10H. The van der Waals surface area contributed by atoms with Crippen molar-refractivity contribution in [3.05, 3.63) is 60.7 Å². The molecule has 0 fully saturated rings. The molecule has 0 bridgehead atoms. The van der Waals surface area contributed by atoms with Crippen LogP contribution in [0.2, 0.25) is 0 Å². The van der Waals surface area contributed by atoms with E-state index in [1.54, 1.807) is 0 Å². The zero-order chi connectivity index (χ0) is 10.5. The summed E-state index contributed by atoms with van der Waals surface area (Å²) in [7, 11) is 0. The van der Waals surface area contributed by atoms with Crippen molar-refractivity contribution in [3.63, 3.8) is 0 Å². The van der Waals surface area contributed by atoms with Crippen LogP contribution in [0, 0.1) is 12.1 Å². The third-order valence-corrected chi connectivity index (χ3v) is 3.23. The average Bonchev–Trinajstić information content (AvgIpc) is 2.36. The molecule has 0 nitrogen and oxygen atoms in total. The van der Waals surface area contributed by atoms with Crippen LogP contribution in [-0.2, 0) is 0 Å². The van der Waals surface area contributed by atoms with E-state index < -0.39 is 0 Å². The zero-order valence-corrected chi connectivity index (χ0v) is 8.62. The molecule has 4 aromatic carbocycles. The van der Waals surface area contributed by atoms with Gasteiger partial charge in [0.1, 0.15) is 0 Å². The van der Waals surface area contributed by atoms with Gasteiger partial charge in [0.15, 0.2) is 0 Å². The van der Waals surface area contributed by atoms with Crippen LogP contribution in [0.5, 0.6) is 0 Å². The second-order valence-corrected chi connectivity index (χ2v) is 4.13. The van der Waals surface area contributed by atoms with Crippen LogP contribution in [0.3, 0.4) is 0 Å². The van der Waals surface area contributed by atoms with Crippen molar-refractivity contribution in [1.29, 1.82) is 0 Å². The number of benzene rings is 4. The largest absolute Gasteiger partial charge is 0.0610 e. The predicted octanol–water partition coefficient (Wildman–Crippen LogP) is 4.18. The summed E-state index contributed by atoms with van der Waals surface area (Å²) in [6, 6.07) is 23.4. The molecular weight excluding hydrogens is 192 g/mol.